The van der Waals surface area contributed by atoms with Crippen LogP contribution in [0.2, 0.25) is 0 Å². The molecule has 0 unspecified atom stereocenters. The van der Waals surface area contributed by atoms with E-state index in [1.807, 2.05) is 77.7 Å². The van der Waals surface area contributed by atoms with Crippen LogP contribution in [0.25, 0.3) is 0 Å². The number of benzene rings is 2. The summed E-state index contributed by atoms with van der Waals surface area (Å²) < 4.78 is 0. The van der Waals surface area contributed by atoms with Gasteiger partial charge in [-0.25, -0.2) is 15.0 Å². The molecule has 0 spiro atoms. The van der Waals surface area contributed by atoms with Crippen LogP contribution in [0.4, 0.5) is 28.8 Å². The van der Waals surface area contributed by atoms with Gasteiger partial charge in [-0.1, -0.05) is 54.6 Å². The summed E-state index contributed by atoms with van der Waals surface area (Å²) >= 11 is 0. The second kappa shape index (κ2) is 8.43. The number of rotatable bonds is 6. The van der Waals surface area contributed by atoms with Crippen molar-refractivity contribution in [3.05, 3.63) is 107 Å². The summed E-state index contributed by atoms with van der Waals surface area (Å²) in [6.07, 6.45) is 3.86. The average molecular weight is 424 g/mol. The Morgan fingerprint density at radius 3 is 2.50 bits per heavy atom. The summed E-state index contributed by atoms with van der Waals surface area (Å²) in [6.45, 7) is 1.00. The van der Waals surface area contributed by atoms with Crippen LogP contribution in [-0.4, -0.2) is 26.4 Å². The van der Waals surface area contributed by atoms with Crippen molar-refractivity contribution in [2.24, 2.45) is 0 Å². The van der Waals surface area contributed by atoms with E-state index in [0.29, 0.717) is 24.7 Å². The summed E-state index contributed by atoms with van der Waals surface area (Å²) in [7, 11) is 0. The molecule has 0 saturated heterocycles. The molecule has 1 aliphatic rings. The number of para-hydroxylation sites is 1. The van der Waals surface area contributed by atoms with Crippen molar-refractivity contribution in [2.75, 3.05) is 16.3 Å². The fraction of sp³-hybridized carbons (Fsp3) is 0.125. The summed E-state index contributed by atoms with van der Waals surface area (Å²) in [5, 5.41) is 12.4. The highest BCUT2D eigenvalue weighted by Crippen LogP contribution is 2.42. The third kappa shape index (κ3) is 3.62. The maximum atomic E-state index is 12.4. The SMILES string of the molecule is O=[N+]([O-])c1c(N(Cc2ccccc2)c2ccccn2)ncnc1N1CCc2ccccc21. The van der Waals surface area contributed by atoms with Crippen molar-refractivity contribution in [1.82, 2.24) is 15.0 Å². The zero-order chi connectivity index (χ0) is 21.9. The molecule has 8 nitrogen and oxygen atoms in total. The zero-order valence-electron chi connectivity index (χ0n) is 17.2. The number of nitrogens with zero attached hydrogens (tertiary/aromatic N) is 6. The third-order valence-corrected chi connectivity index (χ3v) is 5.47. The predicted octanol–water partition coefficient (Wildman–Crippen LogP) is 4.81. The molecule has 32 heavy (non-hydrogen) atoms. The minimum atomic E-state index is -0.396. The number of nitro groups is 1. The van der Waals surface area contributed by atoms with Crippen molar-refractivity contribution >= 4 is 28.8 Å². The molecule has 0 fully saturated rings. The van der Waals surface area contributed by atoms with Crippen LogP contribution in [0, 0.1) is 10.1 Å². The molecule has 0 bridgehead atoms. The molecular weight excluding hydrogens is 404 g/mol. The standard InChI is InChI=1S/C24H20N6O2/c31-30(32)22-23(28-15-13-19-10-4-5-11-20(19)28)26-17-27-24(22)29(21-12-6-7-14-25-21)16-18-8-2-1-3-9-18/h1-12,14,17H,13,15-16H2. The molecule has 4 aromatic rings. The largest absolute Gasteiger partial charge is 0.354 e. The van der Waals surface area contributed by atoms with Gasteiger partial charge in [0, 0.05) is 18.4 Å². The van der Waals surface area contributed by atoms with Gasteiger partial charge in [-0.3, -0.25) is 10.1 Å². The van der Waals surface area contributed by atoms with Gasteiger partial charge in [0.25, 0.3) is 0 Å². The number of aromatic nitrogens is 3. The van der Waals surface area contributed by atoms with Crippen LogP contribution in [-0.2, 0) is 13.0 Å². The maximum Gasteiger partial charge on any atom is 0.354 e. The van der Waals surface area contributed by atoms with Gasteiger partial charge in [0.05, 0.1) is 11.5 Å². The van der Waals surface area contributed by atoms with Gasteiger partial charge < -0.3 is 9.80 Å². The van der Waals surface area contributed by atoms with Crippen LogP contribution in [0.3, 0.4) is 0 Å². The fourth-order valence-corrected chi connectivity index (χ4v) is 4.02. The summed E-state index contributed by atoms with van der Waals surface area (Å²) in [4.78, 5) is 28.8. The average Bonchev–Trinajstić information content (AvgIpc) is 3.27. The minimum absolute atomic E-state index is 0.134. The van der Waals surface area contributed by atoms with Gasteiger partial charge in [-0.2, -0.15) is 0 Å². The van der Waals surface area contributed by atoms with Crippen LogP contribution >= 0.6 is 0 Å². The lowest BCUT2D eigenvalue weighted by atomic mass is 10.2. The second-order valence-electron chi connectivity index (χ2n) is 7.42. The molecule has 2 aromatic heterocycles. The van der Waals surface area contributed by atoms with Gasteiger partial charge in [0.2, 0.25) is 11.6 Å². The first-order valence-electron chi connectivity index (χ1n) is 10.3. The summed E-state index contributed by atoms with van der Waals surface area (Å²) in [6, 6.07) is 23.2. The Labute approximate surface area is 185 Å². The number of anilines is 4. The monoisotopic (exact) mass is 424 g/mol. The number of hydrogen-bond donors (Lipinski definition) is 0. The zero-order valence-corrected chi connectivity index (χ0v) is 17.2. The van der Waals surface area contributed by atoms with E-state index in [9.17, 15) is 10.1 Å². The van der Waals surface area contributed by atoms with Crippen LogP contribution < -0.4 is 9.80 Å². The molecule has 8 heteroatoms. The highest BCUT2D eigenvalue weighted by Gasteiger charge is 2.34. The third-order valence-electron chi connectivity index (χ3n) is 5.47. The van der Waals surface area contributed by atoms with E-state index in [0.717, 1.165) is 23.2 Å². The first-order valence-corrected chi connectivity index (χ1v) is 10.3. The van der Waals surface area contributed by atoms with Crippen molar-refractivity contribution < 1.29 is 4.92 Å². The smallest absolute Gasteiger partial charge is 0.320 e. The summed E-state index contributed by atoms with van der Waals surface area (Å²) in [5.74, 6) is 1.08. The Morgan fingerprint density at radius 1 is 0.938 bits per heavy atom. The van der Waals surface area contributed by atoms with Gasteiger partial charge in [0.15, 0.2) is 0 Å². The summed E-state index contributed by atoms with van der Waals surface area (Å²) in [5.41, 5.74) is 2.94. The molecule has 0 radical (unpaired) electrons. The van der Waals surface area contributed by atoms with Gasteiger partial charge in [0.1, 0.15) is 12.1 Å². The number of pyridine rings is 1. The first-order chi connectivity index (χ1) is 15.7. The molecule has 0 aliphatic carbocycles. The lowest BCUT2D eigenvalue weighted by Gasteiger charge is -2.25. The van der Waals surface area contributed by atoms with Crippen LogP contribution in [0.5, 0.6) is 0 Å². The van der Waals surface area contributed by atoms with Crippen molar-refractivity contribution in [3.8, 4) is 0 Å². The van der Waals surface area contributed by atoms with Crippen molar-refractivity contribution in [3.63, 3.8) is 0 Å². The predicted molar refractivity (Wildman–Crippen MR) is 122 cm³/mol. The lowest BCUT2D eigenvalue weighted by molar-refractivity contribution is -0.383. The van der Waals surface area contributed by atoms with E-state index in [4.69, 9.17) is 0 Å². The molecule has 3 heterocycles. The second-order valence-corrected chi connectivity index (χ2v) is 7.42. The molecule has 0 N–H and O–H groups in total. The maximum absolute atomic E-state index is 12.4. The Kier molecular flexibility index (Phi) is 5.17. The molecule has 158 valence electrons. The molecule has 0 saturated carbocycles. The van der Waals surface area contributed by atoms with Crippen LogP contribution in [0.15, 0.2) is 85.3 Å². The Balaban J connectivity index is 1.65. The highest BCUT2D eigenvalue weighted by atomic mass is 16.6. The van der Waals surface area contributed by atoms with Crippen molar-refractivity contribution in [2.45, 2.75) is 13.0 Å². The van der Waals surface area contributed by atoms with E-state index in [-0.39, 0.29) is 11.5 Å². The Hall–Kier alpha value is -4.33. The van der Waals surface area contributed by atoms with E-state index in [1.165, 1.54) is 6.33 Å². The lowest BCUT2D eigenvalue weighted by Crippen LogP contribution is -2.23. The number of hydrogen-bond acceptors (Lipinski definition) is 7. The number of fused-ring (bicyclic) bond motifs is 1. The van der Waals surface area contributed by atoms with Gasteiger partial charge >= 0.3 is 5.69 Å². The van der Waals surface area contributed by atoms with Crippen molar-refractivity contribution in [1.29, 1.82) is 0 Å². The van der Waals surface area contributed by atoms with E-state index >= 15 is 0 Å². The molecule has 1 aliphatic heterocycles. The fourth-order valence-electron chi connectivity index (χ4n) is 4.02. The van der Waals surface area contributed by atoms with Crippen LogP contribution in [0.1, 0.15) is 11.1 Å². The normalized spacial score (nSPS) is 12.4. The molecule has 0 atom stereocenters. The molecule has 5 rings (SSSR count). The van der Waals surface area contributed by atoms with E-state index < -0.39 is 4.92 Å². The molecule has 0 amide bonds. The Morgan fingerprint density at radius 2 is 1.72 bits per heavy atom. The van der Waals surface area contributed by atoms with E-state index in [1.54, 1.807) is 11.1 Å². The van der Waals surface area contributed by atoms with E-state index in [2.05, 4.69) is 15.0 Å². The topological polar surface area (TPSA) is 88.3 Å². The van der Waals surface area contributed by atoms with Gasteiger partial charge in [-0.05, 0) is 35.7 Å². The molecular formula is C24H20N6O2. The Bertz CT molecular complexity index is 1250. The first kappa shape index (κ1) is 19.6. The minimum Gasteiger partial charge on any atom is -0.320 e. The van der Waals surface area contributed by atoms with Gasteiger partial charge in [-0.15, -0.1) is 0 Å². The highest BCUT2D eigenvalue weighted by molar-refractivity contribution is 5.80. The molecule has 2 aromatic carbocycles. The quantitative estimate of drug-likeness (QED) is 0.324.